The number of benzene rings is 1. The molecule has 8 heteroatoms. The van der Waals surface area contributed by atoms with Gasteiger partial charge in [0.15, 0.2) is 16.3 Å². The largest absolute Gasteiger partial charge is 0.328 e. The van der Waals surface area contributed by atoms with Gasteiger partial charge in [-0.2, -0.15) is 0 Å². The number of hydrogen-bond acceptors (Lipinski definition) is 4. The molecule has 0 radical (unpaired) electrons. The SMILES string of the molecule is CCCCCCn1cnc(=N)c2[nH]c(Sc3cc(Cl)cc(Cl)c3)nc21. The van der Waals surface area contributed by atoms with Gasteiger partial charge in [0.05, 0.1) is 6.33 Å². The molecule has 0 aliphatic rings. The van der Waals surface area contributed by atoms with E-state index in [-0.39, 0.29) is 5.49 Å². The molecule has 132 valence electrons. The van der Waals surface area contributed by atoms with Gasteiger partial charge >= 0.3 is 0 Å². The fourth-order valence-electron chi connectivity index (χ4n) is 2.58. The highest BCUT2D eigenvalue weighted by Crippen LogP contribution is 2.31. The maximum Gasteiger partial charge on any atom is 0.173 e. The van der Waals surface area contributed by atoms with Crippen LogP contribution in [0, 0.1) is 5.41 Å². The van der Waals surface area contributed by atoms with Gasteiger partial charge in [-0.25, -0.2) is 9.97 Å². The number of H-pyrrole nitrogens is 1. The fraction of sp³-hybridized carbons (Fsp3) is 0.353. The fourth-order valence-corrected chi connectivity index (χ4v) is 4.12. The highest BCUT2D eigenvalue weighted by atomic mass is 35.5. The Labute approximate surface area is 160 Å². The van der Waals surface area contributed by atoms with E-state index < -0.39 is 0 Å². The summed E-state index contributed by atoms with van der Waals surface area (Å²) in [5, 5.41) is 9.88. The Bertz CT molecular complexity index is 914. The van der Waals surface area contributed by atoms with E-state index in [1.165, 1.54) is 31.0 Å². The second-order valence-corrected chi connectivity index (χ2v) is 7.73. The zero-order chi connectivity index (χ0) is 17.8. The van der Waals surface area contributed by atoms with Gasteiger partial charge in [0, 0.05) is 21.5 Å². The molecule has 3 aromatic rings. The Hall–Kier alpha value is -1.50. The number of halogens is 2. The highest BCUT2D eigenvalue weighted by molar-refractivity contribution is 7.99. The molecule has 0 spiro atoms. The maximum absolute atomic E-state index is 8.02. The molecule has 3 rings (SSSR count). The summed E-state index contributed by atoms with van der Waals surface area (Å²) in [4.78, 5) is 12.9. The standard InChI is InChI=1S/C17H19Cl2N5S/c1-2-3-4-5-6-24-10-21-15(20)14-16(24)23-17(22-14)25-13-8-11(18)7-12(19)9-13/h7-10,20H,2-6H2,1H3,(H,22,23). The van der Waals surface area contributed by atoms with Crippen LogP contribution in [0.3, 0.4) is 0 Å². The quantitative estimate of drug-likeness (QED) is 0.534. The second kappa shape index (κ2) is 8.25. The van der Waals surface area contributed by atoms with Gasteiger partial charge in [-0.05, 0) is 24.6 Å². The minimum absolute atomic E-state index is 0.197. The molecule has 2 heterocycles. The lowest BCUT2D eigenvalue weighted by atomic mass is 10.2. The van der Waals surface area contributed by atoms with Gasteiger partial charge in [-0.3, -0.25) is 5.41 Å². The van der Waals surface area contributed by atoms with Crippen molar-refractivity contribution in [3.05, 3.63) is 40.1 Å². The van der Waals surface area contributed by atoms with Crippen molar-refractivity contribution in [2.45, 2.75) is 49.2 Å². The number of unbranched alkanes of at least 4 members (excludes halogenated alkanes) is 3. The van der Waals surface area contributed by atoms with E-state index in [1.807, 2.05) is 16.7 Å². The molecule has 1 aromatic carbocycles. The summed E-state index contributed by atoms with van der Waals surface area (Å²) in [7, 11) is 0. The van der Waals surface area contributed by atoms with Crippen molar-refractivity contribution in [3.8, 4) is 0 Å². The van der Waals surface area contributed by atoms with Gasteiger partial charge in [-0.1, -0.05) is 61.1 Å². The Morgan fingerprint density at radius 1 is 1.16 bits per heavy atom. The molecule has 0 amide bonds. The molecule has 2 aromatic heterocycles. The van der Waals surface area contributed by atoms with Crippen LogP contribution in [-0.4, -0.2) is 19.5 Å². The topological polar surface area (TPSA) is 70.3 Å². The number of rotatable bonds is 7. The van der Waals surface area contributed by atoms with Crippen LogP contribution >= 0.6 is 35.0 Å². The lowest BCUT2D eigenvalue weighted by molar-refractivity contribution is 0.583. The Morgan fingerprint density at radius 2 is 1.92 bits per heavy atom. The number of aryl methyl sites for hydroxylation is 1. The van der Waals surface area contributed by atoms with Crippen LogP contribution in [0.1, 0.15) is 32.6 Å². The normalized spacial score (nSPS) is 11.3. The summed E-state index contributed by atoms with van der Waals surface area (Å²) < 4.78 is 2.01. The molecule has 0 saturated carbocycles. The van der Waals surface area contributed by atoms with Crippen LogP contribution in [0.2, 0.25) is 10.0 Å². The van der Waals surface area contributed by atoms with Gasteiger partial charge in [0.1, 0.15) is 5.52 Å². The van der Waals surface area contributed by atoms with Crippen LogP contribution in [0.5, 0.6) is 0 Å². The predicted molar refractivity (Wildman–Crippen MR) is 102 cm³/mol. The summed E-state index contributed by atoms with van der Waals surface area (Å²) in [5.74, 6) is 0. The molecule has 5 nitrogen and oxygen atoms in total. The van der Waals surface area contributed by atoms with E-state index in [0.717, 1.165) is 23.5 Å². The van der Waals surface area contributed by atoms with Crippen LogP contribution in [0.4, 0.5) is 0 Å². The summed E-state index contributed by atoms with van der Waals surface area (Å²) in [6.45, 7) is 3.04. The van der Waals surface area contributed by atoms with Crippen molar-refractivity contribution in [2.24, 2.45) is 0 Å². The summed E-state index contributed by atoms with van der Waals surface area (Å²) >= 11 is 13.5. The zero-order valence-corrected chi connectivity index (χ0v) is 16.2. The first-order valence-corrected chi connectivity index (χ1v) is 9.77. The Balaban J connectivity index is 1.87. The number of hydrogen-bond donors (Lipinski definition) is 2. The first-order valence-electron chi connectivity index (χ1n) is 8.20. The third kappa shape index (κ3) is 4.57. The van der Waals surface area contributed by atoms with Crippen molar-refractivity contribution in [1.29, 1.82) is 5.41 Å². The number of imidazole rings is 1. The lowest BCUT2D eigenvalue weighted by Gasteiger charge is -2.06. The van der Waals surface area contributed by atoms with E-state index in [9.17, 15) is 0 Å². The molecule has 0 unspecified atom stereocenters. The first kappa shape index (κ1) is 18.3. The molecule has 0 bridgehead atoms. The summed E-state index contributed by atoms with van der Waals surface area (Å²) in [6.07, 6.45) is 6.38. The molecular formula is C17H19Cl2N5S. The number of nitrogens with one attached hydrogen (secondary N) is 2. The monoisotopic (exact) mass is 395 g/mol. The van der Waals surface area contributed by atoms with Crippen molar-refractivity contribution in [3.63, 3.8) is 0 Å². The van der Waals surface area contributed by atoms with E-state index >= 15 is 0 Å². The number of aromatic amines is 1. The van der Waals surface area contributed by atoms with Crippen LogP contribution in [-0.2, 0) is 6.54 Å². The van der Waals surface area contributed by atoms with E-state index in [2.05, 4.69) is 21.9 Å². The minimum atomic E-state index is 0.197. The predicted octanol–water partition coefficient (Wildman–Crippen LogP) is 5.28. The van der Waals surface area contributed by atoms with E-state index in [1.54, 1.807) is 12.4 Å². The summed E-state index contributed by atoms with van der Waals surface area (Å²) in [6, 6.07) is 5.37. The van der Waals surface area contributed by atoms with Gasteiger partial charge in [0.25, 0.3) is 0 Å². The van der Waals surface area contributed by atoms with Crippen LogP contribution in [0.25, 0.3) is 11.2 Å². The van der Waals surface area contributed by atoms with Gasteiger partial charge in [0.2, 0.25) is 0 Å². The van der Waals surface area contributed by atoms with Gasteiger partial charge < -0.3 is 9.55 Å². The third-order valence-electron chi connectivity index (χ3n) is 3.80. The van der Waals surface area contributed by atoms with Crippen LogP contribution < -0.4 is 5.49 Å². The van der Waals surface area contributed by atoms with E-state index in [0.29, 0.717) is 20.7 Å². The van der Waals surface area contributed by atoms with Crippen molar-refractivity contribution in [2.75, 3.05) is 0 Å². The number of aromatic nitrogens is 4. The van der Waals surface area contributed by atoms with Crippen molar-refractivity contribution >= 4 is 46.1 Å². The van der Waals surface area contributed by atoms with Crippen LogP contribution in [0.15, 0.2) is 34.6 Å². The number of fused-ring (bicyclic) bond motifs is 1. The molecule has 0 atom stereocenters. The van der Waals surface area contributed by atoms with Crippen molar-refractivity contribution in [1.82, 2.24) is 19.5 Å². The molecule has 0 fully saturated rings. The molecule has 2 N–H and O–H groups in total. The molecule has 25 heavy (non-hydrogen) atoms. The average molecular weight is 396 g/mol. The van der Waals surface area contributed by atoms with E-state index in [4.69, 9.17) is 28.6 Å². The molecule has 0 aliphatic carbocycles. The minimum Gasteiger partial charge on any atom is -0.328 e. The molecule has 0 aliphatic heterocycles. The van der Waals surface area contributed by atoms with Gasteiger partial charge in [-0.15, -0.1) is 0 Å². The lowest BCUT2D eigenvalue weighted by Crippen LogP contribution is -2.12. The smallest absolute Gasteiger partial charge is 0.173 e. The zero-order valence-electron chi connectivity index (χ0n) is 13.9. The third-order valence-corrected chi connectivity index (χ3v) is 5.10. The molecule has 0 saturated heterocycles. The average Bonchev–Trinajstić information content (AvgIpc) is 2.97. The summed E-state index contributed by atoms with van der Waals surface area (Å²) in [5.41, 5.74) is 1.60. The Morgan fingerprint density at radius 3 is 2.64 bits per heavy atom. The van der Waals surface area contributed by atoms with Crippen molar-refractivity contribution < 1.29 is 0 Å². The Kier molecular flexibility index (Phi) is 6.04. The molecular weight excluding hydrogens is 377 g/mol. The maximum atomic E-state index is 8.02. The number of nitrogens with zero attached hydrogens (tertiary/aromatic N) is 3. The first-order chi connectivity index (χ1) is 12.1. The highest BCUT2D eigenvalue weighted by Gasteiger charge is 2.11. The second-order valence-electron chi connectivity index (χ2n) is 5.80.